The number of rotatable bonds is 57. The fraction of sp³-hybridized carbons (Fsp3) is 0.725. The minimum absolute atomic E-state index is 0.0980. The van der Waals surface area contributed by atoms with Gasteiger partial charge in [-0.3, -0.25) is 14.4 Å². The molecule has 0 radical (unpaired) electrons. The van der Waals surface area contributed by atoms with E-state index in [0.29, 0.717) is 19.3 Å². The molecule has 6 heteroatoms. The van der Waals surface area contributed by atoms with Crippen LogP contribution in [-0.2, 0) is 28.6 Å². The third-order valence-corrected chi connectivity index (χ3v) is 13.6. The van der Waals surface area contributed by atoms with Crippen molar-refractivity contribution in [2.24, 2.45) is 0 Å². The Morgan fingerprint density at radius 2 is 0.547 bits per heavy atom. The zero-order valence-electron chi connectivity index (χ0n) is 49.3. The number of unbranched alkanes of at least 4 members (excludes halogenated alkanes) is 30. The summed E-state index contributed by atoms with van der Waals surface area (Å²) in [5.74, 6) is -0.947. The van der Waals surface area contributed by atoms with Gasteiger partial charge in [0.1, 0.15) is 13.2 Å². The maximum absolute atomic E-state index is 12.9. The van der Waals surface area contributed by atoms with Gasteiger partial charge in [0.15, 0.2) is 6.10 Å². The number of esters is 3. The zero-order chi connectivity index (χ0) is 54.3. The summed E-state index contributed by atoms with van der Waals surface area (Å²) >= 11 is 0. The Morgan fingerprint density at radius 3 is 0.893 bits per heavy atom. The van der Waals surface area contributed by atoms with Crippen LogP contribution in [0.2, 0.25) is 0 Å². The van der Waals surface area contributed by atoms with Crippen LogP contribution < -0.4 is 0 Å². The van der Waals surface area contributed by atoms with Gasteiger partial charge in [0, 0.05) is 19.3 Å². The quantitative estimate of drug-likeness (QED) is 0.0261. The van der Waals surface area contributed by atoms with E-state index in [1.54, 1.807) is 0 Å². The molecule has 0 aromatic heterocycles. The highest BCUT2D eigenvalue weighted by atomic mass is 16.6. The third kappa shape index (κ3) is 61.1. The maximum atomic E-state index is 12.9. The first kappa shape index (κ1) is 71.3. The molecule has 0 saturated carbocycles. The molecule has 0 aliphatic rings. The largest absolute Gasteiger partial charge is 0.462 e. The van der Waals surface area contributed by atoms with Crippen LogP contribution in [0.25, 0.3) is 0 Å². The summed E-state index contributed by atoms with van der Waals surface area (Å²) in [5, 5.41) is 0. The molecule has 75 heavy (non-hydrogen) atoms. The van der Waals surface area contributed by atoms with Crippen molar-refractivity contribution in [3.05, 3.63) is 97.2 Å². The Hall–Kier alpha value is -3.67. The van der Waals surface area contributed by atoms with E-state index < -0.39 is 6.10 Å². The summed E-state index contributed by atoms with van der Waals surface area (Å²) in [6.07, 6.45) is 84.2. The first-order valence-corrected chi connectivity index (χ1v) is 31.7. The van der Waals surface area contributed by atoms with E-state index in [9.17, 15) is 14.4 Å². The average Bonchev–Trinajstić information content (AvgIpc) is 3.41. The van der Waals surface area contributed by atoms with Crippen LogP contribution in [0.1, 0.15) is 303 Å². The van der Waals surface area contributed by atoms with Crippen molar-refractivity contribution in [2.75, 3.05) is 13.2 Å². The van der Waals surface area contributed by atoms with E-state index in [1.807, 2.05) is 0 Å². The van der Waals surface area contributed by atoms with Gasteiger partial charge in [-0.25, -0.2) is 0 Å². The third-order valence-electron chi connectivity index (χ3n) is 13.6. The summed E-state index contributed by atoms with van der Waals surface area (Å²) in [6.45, 7) is 6.44. The highest BCUT2D eigenvalue weighted by Crippen LogP contribution is 2.17. The Balaban J connectivity index is 4.39. The van der Waals surface area contributed by atoms with Gasteiger partial charge in [0.2, 0.25) is 0 Å². The summed E-state index contributed by atoms with van der Waals surface area (Å²) in [7, 11) is 0. The van der Waals surface area contributed by atoms with Gasteiger partial charge in [-0.1, -0.05) is 285 Å². The molecule has 0 aromatic rings. The van der Waals surface area contributed by atoms with Crippen molar-refractivity contribution in [3.8, 4) is 0 Å². The Labute approximate surface area is 464 Å². The first-order chi connectivity index (χ1) is 37.0. The van der Waals surface area contributed by atoms with Crippen molar-refractivity contribution in [3.63, 3.8) is 0 Å². The lowest BCUT2D eigenvalue weighted by Crippen LogP contribution is -2.30. The monoisotopic (exact) mass is 1040 g/mol. The van der Waals surface area contributed by atoms with Crippen molar-refractivity contribution < 1.29 is 28.6 Å². The van der Waals surface area contributed by atoms with Gasteiger partial charge in [0.05, 0.1) is 0 Å². The molecule has 0 fully saturated rings. The van der Waals surface area contributed by atoms with E-state index >= 15 is 0 Å². The maximum Gasteiger partial charge on any atom is 0.306 e. The molecule has 0 aliphatic heterocycles. The number of allylic oxidation sites excluding steroid dienone is 16. The Morgan fingerprint density at radius 1 is 0.280 bits per heavy atom. The van der Waals surface area contributed by atoms with Crippen LogP contribution in [0.15, 0.2) is 97.2 Å². The Kier molecular flexibility index (Phi) is 59.8. The molecular weight excluding hydrogens is 925 g/mol. The second-order valence-electron chi connectivity index (χ2n) is 20.9. The molecule has 0 heterocycles. The Bertz CT molecular complexity index is 1480. The van der Waals surface area contributed by atoms with Crippen molar-refractivity contribution in [2.45, 2.75) is 309 Å². The minimum Gasteiger partial charge on any atom is -0.462 e. The minimum atomic E-state index is -0.807. The molecule has 0 amide bonds. The number of carbonyl (C=O) groups is 3. The zero-order valence-corrected chi connectivity index (χ0v) is 49.3. The molecule has 0 N–H and O–H groups in total. The molecule has 0 rings (SSSR count). The number of hydrogen-bond acceptors (Lipinski definition) is 6. The van der Waals surface area contributed by atoms with Crippen LogP contribution in [0.3, 0.4) is 0 Å². The smallest absolute Gasteiger partial charge is 0.306 e. The predicted octanol–water partition coefficient (Wildman–Crippen LogP) is 21.7. The van der Waals surface area contributed by atoms with E-state index in [4.69, 9.17) is 14.2 Å². The number of hydrogen-bond donors (Lipinski definition) is 0. The molecular formula is C69H118O6. The second-order valence-corrected chi connectivity index (χ2v) is 20.9. The topological polar surface area (TPSA) is 78.9 Å². The number of carbonyl (C=O) groups excluding carboxylic acids is 3. The molecule has 0 spiro atoms. The van der Waals surface area contributed by atoms with Crippen molar-refractivity contribution in [1.82, 2.24) is 0 Å². The summed E-state index contributed by atoms with van der Waals surface area (Å²) in [5.41, 5.74) is 0. The molecule has 0 aliphatic carbocycles. The fourth-order valence-electron chi connectivity index (χ4n) is 8.84. The van der Waals surface area contributed by atoms with Crippen LogP contribution in [0.4, 0.5) is 0 Å². The second kappa shape index (κ2) is 62.9. The van der Waals surface area contributed by atoms with Gasteiger partial charge >= 0.3 is 17.9 Å². The van der Waals surface area contributed by atoms with Gasteiger partial charge in [-0.15, -0.1) is 0 Å². The molecule has 0 bridgehead atoms. The van der Waals surface area contributed by atoms with Crippen LogP contribution in [-0.4, -0.2) is 37.2 Å². The average molecular weight is 1040 g/mol. The van der Waals surface area contributed by atoms with Crippen LogP contribution in [0.5, 0.6) is 0 Å². The summed E-state index contributed by atoms with van der Waals surface area (Å²) in [4.78, 5) is 38.3. The van der Waals surface area contributed by atoms with Crippen molar-refractivity contribution >= 4 is 17.9 Å². The first-order valence-electron chi connectivity index (χ1n) is 31.7. The summed E-state index contributed by atoms with van der Waals surface area (Å²) < 4.78 is 16.9. The van der Waals surface area contributed by atoms with E-state index in [-0.39, 0.29) is 37.5 Å². The highest BCUT2D eigenvalue weighted by molar-refractivity contribution is 5.71. The predicted molar refractivity (Wildman–Crippen MR) is 325 cm³/mol. The van der Waals surface area contributed by atoms with Gasteiger partial charge < -0.3 is 14.2 Å². The van der Waals surface area contributed by atoms with Crippen molar-refractivity contribution in [1.29, 1.82) is 0 Å². The lowest BCUT2D eigenvalue weighted by molar-refractivity contribution is -0.167. The van der Waals surface area contributed by atoms with Gasteiger partial charge in [0.25, 0.3) is 0 Å². The normalized spacial score (nSPS) is 12.7. The SMILES string of the molecule is CC/C=C\C/C=C\C/C=C\C/C=C\C/C=C\C/C=C\CCCCC(=O)OC(COC(=O)CCCCCCC/C=C\C/C=C\CCC)COC(=O)CCCCCCCCCCCCCCCCCCCCCCCCC. The summed E-state index contributed by atoms with van der Waals surface area (Å²) in [6, 6.07) is 0. The van der Waals surface area contributed by atoms with E-state index in [1.165, 1.54) is 135 Å². The molecule has 0 aromatic carbocycles. The van der Waals surface area contributed by atoms with Gasteiger partial charge in [-0.2, -0.15) is 0 Å². The van der Waals surface area contributed by atoms with E-state index in [0.717, 1.165) is 122 Å². The van der Waals surface area contributed by atoms with Crippen LogP contribution >= 0.6 is 0 Å². The van der Waals surface area contributed by atoms with Crippen LogP contribution in [0, 0.1) is 0 Å². The number of ether oxygens (including phenoxy) is 3. The molecule has 430 valence electrons. The lowest BCUT2D eigenvalue weighted by Gasteiger charge is -2.18. The lowest BCUT2D eigenvalue weighted by atomic mass is 10.0. The van der Waals surface area contributed by atoms with Gasteiger partial charge in [-0.05, 0) is 96.3 Å². The standard InChI is InChI=1S/C69H118O6/c1-4-7-10-13-16-19-22-25-27-29-31-33-34-36-37-39-41-44-47-50-53-56-59-62-68(71)74-65-66(64-73-67(70)61-58-55-52-49-46-43-24-21-18-15-12-9-6-3)75-69(72)63-60-57-54-51-48-45-42-40-38-35-32-30-28-26-23-20-17-14-11-8-5-2/h8,11-12,15,17,20-21,24,26,28,32,35,40,42,48,51,66H,4-7,9-10,13-14,16,18-19,22-23,25,27,29-31,33-34,36-39,41,43-47,49-50,52-65H2,1-3H3/b11-8-,15-12-,20-17-,24-21-,28-26-,35-32-,42-40-,51-48-. The van der Waals surface area contributed by atoms with E-state index in [2.05, 4.69) is 118 Å². The molecule has 1 atom stereocenters. The molecule has 1 unspecified atom stereocenters. The highest BCUT2D eigenvalue weighted by Gasteiger charge is 2.19. The molecule has 0 saturated heterocycles. The molecule has 6 nitrogen and oxygen atoms in total. The fourth-order valence-corrected chi connectivity index (χ4v) is 8.84.